The minimum Gasteiger partial charge on any atom is -0.390 e. The minimum atomic E-state index is -0.623. The molecular weight excluding hydrogens is 298 g/mol. The molecule has 1 atom stereocenters. The molecule has 3 nitrogen and oxygen atoms in total. The molecule has 1 aromatic carbocycles. The van der Waals surface area contributed by atoms with Crippen LogP contribution in [0.3, 0.4) is 0 Å². The second kappa shape index (κ2) is 9.51. The van der Waals surface area contributed by atoms with E-state index in [1.807, 2.05) is 18.2 Å². The summed E-state index contributed by atoms with van der Waals surface area (Å²) in [6.45, 7) is 4.63. The van der Waals surface area contributed by atoms with Crippen molar-refractivity contribution in [1.29, 1.82) is 0 Å². The Bertz CT molecular complexity index is 445. The normalized spacial score (nSPS) is 13.4. The van der Waals surface area contributed by atoms with Crippen LogP contribution in [-0.2, 0) is 6.42 Å². The molecular formula is C18H30ClNO2. The van der Waals surface area contributed by atoms with E-state index in [0.29, 0.717) is 18.0 Å². The van der Waals surface area contributed by atoms with E-state index in [9.17, 15) is 10.2 Å². The van der Waals surface area contributed by atoms with E-state index in [1.54, 1.807) is 0 Å². The Balaban J connectivity index is 2.79. The number of aryl methyl sites for hydroxylation is 1. The molecule has 0 heterocycles. The van der Waals surface area contributed by atoms with E-state index in [2.05, 4.69) is 13.8 Å². The fraction of sp³-hybridized carbons (Fsp3) is 0.667. The summed E-state index contributed by atoms with van der Waals surface area (Å²) in [6.07, 6.45) is 5.03. The van der Waals surface area contributed by atoms with Crippen molar-refractivity contribution in [3.63, 3.8) is 0 Å². The zero-order valence-electron chi connectivity index (χ0n) is 13.8. The number of hydrogen-bond donors (Lipinski definition) is 3. The fourth-order valence-corrected chi connectivity index (χ4v) is 3.24. The Hall–Kier alpha value is -0.610. The highest BCUT2D eigenvalue weighted by atomic mass is 35.5. The molecule has 0 aliphatic carbocycles. The monoisotopic (exact) mass is 327 g/mol. The quantitative estimate of drug-likeness (QED) is 0.608. The second-order valence-electron chi connectivity index (χ2n) is 6.17. The van der Waals surface area contributed by atoms with Crippen LogP contribution in [0, 0.1) is 0 Å². The minimum absolute atomic E-state index is 0.425. The summed E-state index contributed by atoms with van der Waals surface area (Å²) in [4.78, 5) is 0. The number of hydrogen-bond acceptors (Lipinski definition) is 3. The largest absolute Gasteiger partial charge is 0.390 e. The molecule has 4 N–H and O–H groups in total. The van der Waals surface area contributed by atoms with Crippen LogP contribution in [0.5, 0.6) is 0 Å². The maximum absolute atomic E-state index is 10.7. The first-order chi connectivity index (χ1) is 10.5. The van der Waals surface area contributed by atoms with E-state index in [0.717, 1.165) is 49.7 Å². The smallest absolute Gasteiger partial charge is 0.0816 e. The van der Waals surface area contributed by atoms with Gasteiger partial charge in [-0.25, -0.2) is 0 Å². The van der Waals surface area contributed by atoms with Crippen molar-refractivity contribution in [2.45, 2.75) is 70.5 Å². The number of rotatable bonds is 10. The predicted molar refractivity (Wildman–Crippen MR) is 93.2 cm³/mol. The lowest BCUT2D eigenvalue weighted by molar-refractivity contribution is 0.0132. The van der Waals surface area contributed by atoms with Gasteiger partial charge in [0, 0.05) is 5.02 Å². The molecule has 0 bridgehead atoms. The number of halogens is 1. The van der Waals surface area contributed by atoms with Crippen LogP contribution in [0.1, 0.15) is 69.6 Å². The van der Waals surface area contributed by atoms with Gasteiger partial charge in [0.15, 0.2) is 0 Å². The van der Waals surface area contributed by atoms with E-state index in [1.165, 1.54) is 0 Å². The molecule has 0 fully saturated rings. The Morgan fingerprint density at radius 3 is 2.36 bits per heavy atom. The molecule has 0 saturated carbocycles. The third-order valence-corrected chi connectivity index (χ3v) is 4.51. The number of benzene rings is 1. The number of aliphatic hydroxyl groups excluding tert-OH is 1. The molecule has 0 aromatic heterocycles. The molecule has 0 radical (unpaired) electrons. The lowest BCUT2D eigenvalue weighted by Crippen LogP contribution is -2.29. The lowest BCUT2D eigenvalue weighted by Gasteiger charge is -2.27. The van der Waals surface area contributed by atoms with Crippen LogP contribution < -0.4 is 5.73 Å². The van der Waals surface area contributed by atoms with Crippen molar-refractivity contribution in [1.82, 2.24) is 0 Å². The molecule has 22 heavy (non-hydrogen) atoms. The van der Waals surface area contributed by atoms with Crippen LogP contribution in [-0.4, -0.2) is 22.4 Å². The Morgan fingerprint density at radius 1 is 1.18 bits per heavy atom. The lowest BCUT2D eigenvalue weighted by atomic mass is 9.86. The first kappa shape index (κ1) is 19.4. The number of nitrogens with two attached hydrogens (primary N) is 1. The summed E-state index contributed by atoms with van der Waals surface area (Å²) >= 11 is 6.17. The van der Waals surface area contributed by atoms with E-state index in [4.69, 9.17) is 17.3 Å². The molecule has 1 unspecified atom stereocenters. The second-order valence-corrected chi connectivity index (χ2v) is 6.58. The Kier molecular flexibility index (Phi) is 8.40. The number of aliphatic hydroxyl groups is 2. The molecule has 0 spiro atoms. The third kappa shape index (κ3) is 5.88. The Morgan fingerprint density at radius 2 is 1.82 bits per heavy atom. The molecule has 0 aliphatic heterocycles. The van der Waals surface area contributed by atoms with Crippen molar-refractivity contribution in [2.75, 3.05) is 6.54 Å². The maximum Gasteiger partial charge on any atom is 0.0816 e. The topological polar surface area (TPSA) is 66.5 Å². The summed E-state index contributed by atoms with van der Waals surface area (Å²) in [5.41, 5.74) is 6.75. The third-order valence-electron chi connectivity index (χ3n) is 4.17. The summed E-state index contributed by atoms with van der Waals surface area (Å²) in [7, 11) is 0. The molecule has 4 heteroatoms. The standard InChI is InChI=1S/C18H30ClNO2/c1-3-9-18(22,10-4-2)11-7-14-5-6-16(19)15(13-14)17(21)8-12-20/h5-6,13,17,21-22H,3-4,7-12,20H2,1-2H3. The molecule has 1 rings (SSSR count). The van der Waals surface area contributed by atoms with E-state index >= 15 is 0 Å². The zero-order valence-corrected chi connectivity index (χ0v) is 14.6. The molecule has 0 saturated heterocycles. The van der Waals surface area contributed by atoms with Gasteiger partial charge in [-0.05, 0) is 55.8 Å². The fourth-order valence-electron chi connectivity index (χ4n) is 3.00. The van der Waals surface area contributed by atoms with Gasteiger partial charge in [-0.3, -0.25) is 0 Å². The average molecular weight is 328 g/mol. The van der Waals surface area contributed by atoms with Crippen LogP contribution in [0.4, 0.5) is 0 Å². The predicted octanol–water partition coefficient (Wildman–Crippen LogP) is 3.99. The van der Waals surface area contributed by atoms with Crippen LogP contribution in [0.15, 0.2) is 18.2 Å². The van der Waals surface area contributed by atoms with Crippen molar-refractivity contribution in [2.24, 2.45) is 5.73 Å². The zero-order chi connectivity index (χ0) is 16.6. The van der Waals surface area contributed by atoms with Crippen molar-refractivity contribution >= 4 is 11.6 Å². The van der Waals surface area contributed by atoms with Gasteiger partial charge in [-0.1, -0.05) is 50.4 Å². The van der Waals surface area contributed by atoms with Crippen molar-refractivity contribution < 1.29 is 10.2 Å². The van der Waals surface area contributed by atoms with Crippen molar-refractivity contribution in [3.8, 4) is 0 Å². The molecule has 0 amide bonds. The molecule has 0 aliphatic rings. The van der Waals surface area contributed by atoms with Gasteiger partial charge in [0.2, 0.25) is 0 Å². The average Bonchev–Trinajstić information content (AvgIpc) is 2.47. The highest BCUT2D eigenvalue weighted by molar-refractivity contribution is 6.31. The van der Waals surface area contributed by atoms with Crippen LogP contribution in [0.25, 0.3) is 0 Å². The van der Waals surface area contributed by atoms with Gasteiger partial charge in [0.05, 0.1) is 11.7 Å². The van der Waals surface area contributed by atoms with Gasteiger partial charge in [-0.2, -0.15) is 0 Å². The SMILES string of the molecule is CCCC(O)(CCC)CCc1ccc(Cl)c(C(O)CCN)c1. The summed E-state index contributed by atoms with van der Waals surface area (Å²) < 4.78 is 0. The van der Waals surface area contributed by atoms with Gasteiger partial charge in [-0.15, -0.1) is 0 Å². The first-order valence-electron chi connectivity index (χ1n) is 8.34. The first-order valence-corrected chi connectivity index (χ1v) is 8.72. The molecule has 126 valence electrons. The van der Waals surface area contributed by atoms with Gasteiger partial charge in [0.1, 0.15) is 0 Å². The van der Waals surface area contributed by atoms with E-state index < -0.39 is 11.7 Å². The van der Waals surface area contributed by atoms with Crippen molar-refractivity contribution in [3.05, 3.63) is 34.3 Å². The summed E-state index contributed by atoms with van der Waals surface area (Å²) in [5.74, 6) is 0. The molecule has 1 aromatic rings. The highest BCUT2D eigenvalue weighted by Gasteiger charge is 2.24. The summed E-state index contributed by atoms with van der Waals surface area (Å²) in [6, 6.07) is 5.74. The van der Waals surface area contributed by atoms with E-state index in [-0.39, 0.29) is 0 Å². The summed E-state index contributed by atoms with van der Waals surface area (Å²) in [5, 5.41) is 21.4. The Labute approximate surface area is 139 Å². The highest BCUT2D eigenvalue weighted by Crippen LogP contribution is 2.29. The van der Waals surface area contributed by atoms with Gasteiger partial charge >= 0.3 is 0 Å². The van der Waals surface area contributed by atoms with Gasteiger partial charge in [0.25, 0.3) is 0 Å². The van der Waals surface area contributed by atoms with Crippen LogP contribution in [0.2, 0.25) is 5.02 Å². The van der Waals surface area contributed by atoms with Gasteiger partial charge < -0.3 is 15.9 Å². The van der Waals surface area contributed by atoms with Crippen LogP contribution >= 0.6 is 11.6 Å². The maximum atomic E-state index is 10.7.